The van der Waals surface area contributed by atoms with E-state index in [2.05, 4.69) is 6.58 Å². The van der Waals surface area contributed by atoms with Crippen LogP contribution in [0.15, 0.2) is 18.2 Å². The Kier molecular flexibility index (Phi) is 2.99. The first-order valence-corrected chi connectivity index (χ1v) is 6.80. The molecule has 0 amide bonds. The quantitative estimate of drug-likeness (QED) is 0.483. The first-order valence-electron chi connectivity index (χ1n) is 6.80. The lowest BCUT2D eigenvalue weighted by Gasteiger charge is -2.23. The van der Waals surface area contributed by atoms with E-state index >= 15 is 0 Å². The maximum absolute atomic E-state index is 14.3. The van der Waals surface area contributed by atoms with Crippen molar-refractivity contribution in [2.24, 2.45) is 0 Å². The summed E-state index contributed by atoms with van der Waals surface area (Å²) >= 11 is 0. The number of rotatable bonds is 0. The van der Waals surface area contributed by atoms with Crippen molar-refractivity contribution in [2.45, 2.75) is 6.17 Å². The molecule has 0 radical (unpaired) electrons. The van der Waals surface area contributed by atoms with Crippen LogP contribution in [0.3, 0.4) is 0 Å². The average molecular weight is 360 g/mol. The number of benzene rings is 3. The van der Waals surface area contributed by atoms with Gasteiger partial charge in [0, 0.05) is 28.0 Å². The highest BCUT2D eigenvalue weighted by molar-refractivity contribution is 6.13. The van der Waals surface area contributed by atoms with Gasteiger partial charge in [-0.05, 0) is 0 Å². The first-order chi connectivity index (χ1) is 11.7. The van der Waals surface area contributed by atoms with Crippen LogP contribution >= 0.6 is 0 Å². The van der Waals surface area contributed by atoms with Crippen molar-refractivity contribution in [2.75, 3.05) is 0 Å². The molecule has 3 aromatic rings. The lowest BCUT2D eigenvalue weighted by molar-refractivity contribution is 0.375. The van der Waals surface area contributed by atoms with Gasteiger partial charge in [-0.15, -0.1) is 0 Å². The zero-order chi connectivity index (χ0) is 18.4. The van der Waals surface area contributed by atoms with Crippen LogP contribution in [0.4, 0.5) is 35.1 Å². The topological polar surface area (TPSA) is 0 Å². The van der Waals surface area contributed by atoms with Gasteiger partial charge in [-0.1, -0.05) is 6.58 Å². The third-order valence-corrected chi connectivity index (χ3v) is 4.34. The normalized spacial score (nSPS) is 17.2. The summed E-state index contributed by atoms with van der Waals surface area (Å²) in [5.74, 6) is -12.6. The third-order valence-electron chi connectivity index (χ3n) is 4.34. The van der Waals surface area contributed by atoms with Crippen LogP contribution in [0.2, 0.25) is 0 Å². The van der Waals surface area contributed by atoms with Crippen molar-refractivity contribution in [3.63, 3.8) is 0 Å². The summed E-state index contributed by atoms with van der Waals surface area (Å²) in [5.41, 5.74) is -2.23. The van der Waals surface area contributed by atoms with E-state index in [9.17, 15) is 35.1 Å². The van der Waals surface area contributed by atoms with Crippen LogP contribution < -0.4 is 5.22 Å². The van der Waals surface area contributed by atoms with Crippen LogP contribution in [0.1, 0.15) is 11.7 Å². The minimum absolute atomic E-state index is 0.0409. The van der Waals surface area contributed by atoms with E-state index in [1.54, 1.807) is 0 Å². The van der Waals surface area contributed by atoms with Crippen molar-refractivity contribution in [3.8, 4) is 0 Å². The smallest absolute Gasteiger partial charge is 0.170 e. The van der Waals surface area contributed by atoms with Gasteiger partial charge < -0.3 is 0 Å². The summed E-state index contributed by atoms with van der Waals surface area (Å²) in [6.45, 7) is 2.98. The van der Waals surface area contributed by atoms with Gasteiger partial charge in [0.15, 0.2) is 29.4 Å². The molecule has 0 heterocycles. The predicted octanol–water partition coefficient (Wildman–Crippen LogP) is 5.20. The Balaban J connectivity index is 2.58. The number of halogens is 8. The van der Waals surface area contributed by atoms with Gasteiger partial charge in [-0.25, -0.2) is 35.1 Å². The number of alkyl halides is 1. The molecule has 1 aliphatic rings. The highest BCUT2D eigenvalue weighted by Crippen LogP contribution is 2.45. The van der Waals surface area contributed by atoms with Gasteiger partial charge in [0.2, 0.25) is 0 Å². The molecule has 0 fully saturated rings. The van der Waals surface area contributed by atoms with Crippen molar-refractivity contribution >= 4 is 27.4 Å². The molecule has 3 aromatic carbocycles. The molecule has 8 heteroatoms. The zero-order valence-corrected chi connectivity index (χ0v) is 11.9. The first kappa shape index (κ1) is 15.9. The molecule has 4 rings (SSSR count). The Labute approximate surface area is 133 Å². The Bertz CT molecular complexity index is 1170. The molecular weight excluding hydrogens is 356 g/mol. The van der Waals surface area contributed by atoms with E-state index in [1.807, 2.05) is 0 Å². The van der Waals surface area contributed by atoms with E-state index in [4.69, 9.17) is 0 Å². The fraction of sp³-hybridized carbons (Fsp3) is 0.0588. The summed E-state index contributed by atoms with van der Waals surface area (Å²) in [4.78, 5) is 0. The largest absolute Gasteiger partial charge is 0.237 e. The molecule has 25 heavy (non-hydrogen) atoms. The molecule has 128 valence electrons. The zero-order valence-electron chi connectivity index (χ0n) is 11.9. The number of hydrogen-bond donors (Lipinski definition) is 0. The van der Waals surface area contributed by atoms with E-state index in [-0.39, 0.29) is 6.07 Å². The molecule has 1 aliphatic carbocycles. The molecular formula is C17H4F8. The van der Waals surface area contributed by atoms with E-state index in [1.165, 1.54) is 0 Å². The van der Waals surface area contributed by atoms with Crippen LogP contribution in [0, 0.1) is 34.9 Å². The maximum Gasteiger partial charge on any atom is 0.170 e. The molecule has 0 saturated carbocycles. The Morgan fingerprint density at radius 1 is 0.680 bits per heavy atom. The van der Waals surface area contributed by atoms with E-state index in [0.717, 1.165) is 0 Å². The lowest BCUT2D eigenvalue weighted by atomic mass is 9.85. The average Bonchev–Trinajstić information content (AvgIpc) is 2.55. The van der Waals surface area contributed by atoms with Gasteiger partial charge >= 0.3 is 0 Å². The second-order valence-corrected chi connectivity index (χ2v) is 5.59. The van der Waals surface area contributed by atoms with E-state index < -0.39 is 84.8 Å². The van der Waals surface area contributed by atoms with Crippen LogP contribution in [0.5, 0.6) is 0 Å². The van der Waals surface area contributed by atoms with Crippen molar-refractivity contribution < 1.29 is 35.1 Å². The highest BCUT2D eigenvalue weighted by atomic mass is 19.2. The number of hydrogen-bond acceptors (Lipinski definition) is 0. The standard InChI is InChI=1S/C17H4F8/c1-3-12(20)10-9-8-6(14(22)16(10)24)4(18)2-5(19)7(8)15(23)17(25)11(9)13(3)21/h2,12H,1H2. The molecule has 0 aromatic heterocycles. The summed E-state index contributed by atoms with van der Waals surface area (Å²) in [5, 5.41) is -5.61. The monoisotopic (exact) mass is 360 g/mol. The Morgan fingerprint density at radius 3 is 1.76 bits per heavy atom. The molecule has 0 nitrogen and oxygen atoms in total. The Morgan fingerprint density at radius 2 is 1.20 bits per heavy atom. The lowest BCUT2D eigenvalue weighted by Crippen LogP contribution is -2.24. The predicted molar refractivity (Wildman–Crippen MR) is 73.9 cm³/mol. The van der Waals surface area contributed by atoms with Gasteiger partial charge in [0.25, 0.3) is 0 Å². The third kappa shape index (κ3) is 1.66. The molecule has 0 spiro atoms. The van der Waals surface area contributed by atoms with Crippen molar-refractivity contribution in [1.29, 1.82) is 0 Å². The number of allylic oxidation sites excluding steroid dienone is 1. The molecule has 1 unspecified atom stereocenters. The molecule has 0 saturated heterocycles. The Hall–Kier alpha value is -2.64. The van der Waals surface area contributed by atoms with Gasteiger partial charge in [-0.2, -0.15) is 0 Å². The SMILES string of the molecule is C=C1C(F)=c2c(F)c(F)c3c(F)cc(F)c4c(F)c(F)c(c2c43)C1F. The van der Waals surface area contributed by atoms with Crippen LogP contribution in [0.25, 0.3) is 27.4 Å². The second-order valence-electron chi connectivity index (χ2n) is 5.59. The highest BCUT2D eigenvalue weighted by Gasteiger charge is 2.37. The molecule has 0 N–H and O–H groups in total. The molecule has 0 aliphatic heterocycles. The van der Waals surface area contributed by atoms with E-state index in [0.29, 0.717) is 0 Å². The fourth-order valence-corrected chi connectivity index (χ4v) is 3.25. The van der Waals surface area contributed by atoms with Gasteiger partial charge in [-0.3, -0.25) is 0 Å². The fourth-order valence-electron chi connectivity index (χ4n) is 3.25. The van der Waals surface area contributed by atoms with Crippen molar-refractivity contribution in [1.82, 2.24) is 0 Å². The maximum atomic E-state index is 14.3. The van der Waals surface area contributed by atoms with Crippen LogP contribution in [-0.4, -0.2) is 0 Å². The second kappa shape index (κ2) is 4.71. The summed E-state index contributed by atoms with van der Waals surface area (Å²) in [6, 6.07) is 0.0409. The van der Waals surface area contributed by atoms with Gasteiger partial charge in [0.1, 0.15) is 17.5 Å². The molecule has 0 bridgehead atoms. The minimum Gasteiger partial charge on any atom is -0.237 e. The van der Waals surface area contributed by atoms with Gasteiger partial charge in [0.05, 0.1) is 16.0 Å². The van der Waals surface area contributed by atoms with Crippen LogP contribution in [-0.2, 0) is 0 Å². The van der Waals surface area contributed by atoms with Crippen molar-refractivity contribution in [3.05, 3.63) is 63.9 Å². The minimum atomic E-state index is -2.63. The summed E-state index contributed by atoms with van der Waals surface area (Å²) < 4.78 is 114. The summed E-state index contributed by atoms with van der Waals surface area (Å²) in [6.07, 6.45) is -2.63. The molecule has 1 atom stereocenters. The summed E-state index contributed by atoms with van der Waals surface area (Å²) in [7, 11) is 0.